The maximum atomic E-state index is 12.8. The molecule has 108 valence electrons. The zero-order valence-electron chi connectivity index (χ0n) is 11.5. The molecule has 1 aromatic rings. The lowest BCUT2D eigenvalue weighted by molar-refractivity contribution is -0.137. The standard InChI is InChI=1S/C15H17F3N2/c1-10-5-11(2)9-20(8-10)13-3-4-14(15(16,17)18)12(6-13)7-19/h3-4,6,10-11H,5,8-9H2,1-2H3. The van der Waals surface area contributed by atoms with Gasteiger partial charge in [0.1, 0.15) is 0 Å². The first-order chi connectivity index (χ1) is 9.31. The lowest BCUT2D eigenvalue weighted by atomic mass is 9.91. The molecule has 0 N–H and O–H groups in total. The van der Waals surface area contributed by atoms with Crippen LogP contribution in [0.5, 0.6) is 0 Å². The molecule has 1 aliphatic rings. The number of rotatable bonds is 1. The van der Waals surface area contributed by atoms with E-state index in [0.29, 0.717) is 17.5 Å². The first kappa shape index (κ1) is 14.7. The maximum Gasteiger partial charge on any atom is 0.417 e. The van der Waals surface area contributed by atoms with Gasteiger partial charge in [-0.3, -0.25) is 0 Å². The van der Waals surface area contributed by atoms with E-state index >= 15 is 0 Å². The van der Waals surface area contributed by atoms with E-state index in [4.69, 9.17) is 5.26 Å². The molecular formula is C15H17F3N2. The molecule has 0 spiro atoms. The van der Waals surface area contributed by atoms with Gasteiger partial charge in [0.25, 0.3) is 0 Å². The first-order valence-corrected chi connectivity index (χ1v) is 6.67. The van der Waals surface area contributed by atoms with Crippen LogP contribution < -0.4 is 4.90 Å². The van der Waals surface area contributed by atoms with Crippen molar-refractivity contribution >= 4 is 5.69 Å². The Morgan fingerprint density at radius 3 is 2.30 bits per heavy atom. The Balaban J connectivity index is 2.33. The largest absolute Gasteiger partial charge is 0.417 e. The molecule has 20 heavy (non-hydrogen) atoms. The average molecular weight is 282 g/mol. The highest BCUT2D eigenvalue weighted by molar-refractivity contribution is 5.55. The fourth-order valence-corrected chi connectivity index (χ4v) is 2.94. The lowest BCUT2D eigenvalue weighted by Crippen LogP contribution is -2.38. The van der Waals surface area contributed by atoms with Gasteiger partial charge < -0.3 is 4.90 Å². The van der Waals surface area contributed by atoms with Crippen molar-refractivity contribution in [1.29, 1.82) is 5.26 Å². The minimum Gasteiger partial charge on any atom is -0.371 e. The number of halogens is 3. The van der Waals surface area contributed by atoms with Crippen molar-refractivity contribution in [1.82, 2.24) is 0 Å². The minimum absolute atomic E-state index is 0.305. The number of hydrogen-bond acceptors (Lipinski definition) is 2. The van der Waals surface area contributed by atoms with Crippen LogP contribution in [0.4, 0.5) is 18.9 Å². The van der Waals surface area contributed by atoms with Crippen LogP contribution in [0.2, 0.25) is 0 Å². The highest BCUT2D eigenvalue weighted by Crippen LogP contribution is 2.34. The zero-order valence-corrected chi connectivity index (χ0v) is 11.5. The Bertz CT molecular complexity index is 521. The Morgan fingerprint density at radius 2 is 1.80 bits per heavy atom. The molecule has 2 atom stereocenters. The van der Waals surface area contributed by atoms with Crippen LogP contribution >= 0.6 is 0 Å². The van der Waals surface area contributed by atoms with Crippen molar-refractivity contribution in [2.45, 2.75) is 26.4 Å². The number of hydrogen-bond donors (Lipinski definition) is 0. The van der Waals surface area contributed by atoms with Crippen LogP contribution in [-0.2, 0) is 6.18 Å². The second-order valence-electron chi connectivity index (χ2n) is 5.69. The quantitative estimate of drug-likeness (QED) is 0.776. The van der Waals surface area contributed by atoms with Gasteiger partial charge >= 0.3 is 6.18 Å². The van der Waals surface area contributed by atoms with Gasteiger partial charge in [0.2, 0.25) is 0 Å². The SMILES string of the molecule is CC1CC(C)CN(c2ccc(C(F)(F)F)c(C#N)c2)C1. The third-order valence-corrected chi connectivity index (χ3v) is 3.66. The summed E-state index contributed by atoms with van der Waals surface area (Å²) in [7, 11) is 0. The van der Waals surface area contributed by atoms with E-state index in [1.165, 1.54) is 12.1 Å². The van der Waals surface area contributed by atoms with Crippen LogP contribution in [-0.4, -0.2) is 13.1 Å². The van der Waals surface area contributed by atoms with Crippen LogP contribution in [0.25, 0.3) is 0 Å². The number of piperidine rings is 1. The second kappa shape index (κ2) is 5.35. The minimum atomic E-state index is -4.48. The Morgan fingerprint density at radius 1 is 1.20 bits per heavy atom. The summed E-state index contributed by atoms with van der Waals surface area (Å²) < 4.78 is 38.3. The monoisotopic (exact) mass is 282 g/mol. The molecule has 1 fully saturated rings. The third-order valence-electron chi connectivity index (χ3n) is 3.66. The predicted molar refractivity (Wildman–Crippen MR) is 71.3 cm³/mol. The van der Waals surface area contributed by atoms with Gasteiger partial charge in [-0.2, -0.15) is 18.4 Å². The maximum absolute atomic E-state index is 12.8. The van der Waals surface area contributed by atoms with Gasteiger partial charge in [-0.25, -0.2) is 0 Å². The van der Waals surface area contributed by atoms with Gasteiger partial charge in [-0.05, 0) is 36.5 Å². The fraction of sp³-hybridized carbons (Fsp3) is 0.533. The van der Waals surface area contributed by atoms with Crippen molar-refractivity contribution < 1.29 is 13.2 Å². The average Bonchev–Trinajstić information content (AvgIpc) is 2.35. The van der Waals surface area contributed by atoms with Gasteiger partial charge in [0.05, 0.1) is 17.2 Å². The summed E-state index contributed by atoms with van der Waals surface area (Å²) in [4.78, 5) is 2.07. The Hall–Kier alpha value is -1.70. The second-order valence-corrected chi connectivity index (χ2v) is 5.69. The molecule has 2 nitrogen and oxygen atoms in total. The van der Waals surface area contributed by atoms with E-state index in [1.807, 2.05) is 0 Å². The topological polar surface area (TPSA) is 27.0 Å². The van der Waals surface area contributed by atoms with Crippen LogP contribution in [0.15, 0.2) is 18.2 Å². The number of anilines is 1. The van der Waals surface area contributed by atoms with E-state index in [0.717, 1.165) is 25.6 Å². The van der Waals surface area contributed by atoms with E-state index in [9.17, 15) is 13.2 Å². The third kappa shape index (κ3) is 3.06. The fourth-order valence-electron chi connectivity index (χ4n) is 2.94. The molecule has 1 aromatic carbocycles. The summed E-state index contributed by atoms with van der Waals surface area (Å²) in [5, 5.41) is 8.94. The highest BCUT2D eigenvalue weighted by Gasteiger charge is 2.34. The van der Waals surface area contributed by atoms with Crippen molar-refractivity contribution in [3.63, 3.8) is 0 Å². The van der Waals surface area contributed by atoms with Crippen LogP contribution in [0.1, 0.15) is 31.4 Å². The molecule has 5 heteroatoms. The summed E-state index contributed by atoms with van der Waals surface area (Å²) in [6.45, 7) is 5.91. The number of nitrogens with zero attached hydrogens (tertiary/aromatic N) is 2. The smallest absolute Gasteiger partial charge is 0.371 e. The number of nitriles is 1. The summed E-state index contributed by atoms with van der Waals surface area (Å²) in [5.41, 5.74) is -0.462. The van der Waals surface area contributed by atoms with Gasteiger partial charge in [-0.1, -0.05) is 13.8 Å². The summed E-state index contributed by atoms with van der Waals surface area (Å²) in [6, 6.07) is 5.49. The Kier molecular flexibility index (Phi) is 3.94. The number of benzene rings is 1. The molecule has 0 bridgehead atoms. The van der Waals surface area contributed by atoms with E-state index in [1.54, 1.807) is 6.07 Å². The zero-order chi connectivity index (χ0) is 14.9. The summed E-state index contributed by atoms with van der Waals surface area (Å²) >= 11 is 0. The van der Waals surface area contributed by atoms with Crippen LogP contribution in [0, 0.1) is 23.2 Å². The van der Waals surface area contributed by atoms with E-state index in [-0.39, 0.29) is 5.56 Å². The molecule has 1 saturated heterocycles. The van der Waals surface area contributed by atoms with Gasteiger partial charge in [0.15, 0.2) is 0 Å². The normalized spacial score (nSPS) is 23.5. The first-order valence-electron chi connectivity index (χ1n) is 6.67. The molecule has 1 aliphatic heterocycles. The van der Waals surface area contributed by atoms with Gasteiger partial charge in [-0.15, -0.1) is 0 Å². The molecule has 2 rings (SSSR count). The van der Waals surface area contributed by atoms with Crippen molar-refractivity contribution in [3.8, 4) is 6.07 Å². The van der Waals surface area contributed by atoms with Crippen molar-refractivity contribution in [2.24, 2.45) is 11.8 Å². The summed E-state index contributed by atoms with van der Waals surface area (Å²) in [5.74, 6) is 1.01. The van der Waals surface area contributed by atoms with E-state index in [2.05, 4.69) is 18.7 Å². The molecular weight excluding hydrogens is 265 g/mol. The Labute approximate surface area is 116 Å². The van der Waals surface area contributed by atoms with Gasteiger partial charge in [0, 0.05) is 18.8 Å². The molecule has 0 amide bonds. The molecule has 1 heterocycles. The molecule has 0 saturated carbocycles. The lowest BCUT2D eigenvalue weighted by Gasteiger charge is -2.36. The predicted octanol–water partition coefficient (Wildman–Crippen LogP) is 4.06. The molecule has 0 radical (unpaired) electrons. The molecule has 0 aromatic heterocycles. The molecule has 0 aliphatic carbocycles. The summed E-state index contributed by atoms with van der Waals surface area (Å²) in [6.07, 6.45) is -3.35. The van der Waals surface area contributed by atoms with Crippen molar-refractivity contribution in [2.75, 3.05) is 18.0 Å². The highest BCUT2D eigenvalue weighted by atomic mass is 19.4. The molecule has 2 unspecified atom stereocenters. The van der Waals surface area contributed by atoms with Crippen LogP contribution in [0.3, 0.4) is 0 Å². The number of alkyl halides is 3. The van der Waals surface area contributed by atoms with E-state index < -0.39 is 11.7 Å². The van der Waals surface area contributed by atoms with Crippen molar-refractivity contribution in [3.05, 3.63) is 29.3 Å².